The summed E-state index contributed by atoms with van der Waals surface area (Å²) in [5.41, 5.74) is 1.44. The number of hydrogen-bond acceptors (Lipinski definition) is 6. The molecule has 1 aromatic heterocycles. The Morgan fingerprint density at radius 3 is 2.55 bits per heavy atom. The highest BCUT2D eigenvalue weighted by molar-refractivity contribution is 7.54. The maximum atomic E-state index is 12.8. The number of likely N-dealkylation sites (N-methyl/N-ethyl adjacent to an activating group) is 1. The molecule has 1 unspecified atom stereocenters. The van der Waals surface area contributed by atoms with Crippen molar-refractivity contribution < 1.29 is 13.6 Å². The summed E-state index contributed by atoms with van der Waals surface area (Å²) in [6.07, 6.45) is 5.37. The summed E-state index contributed by atoms with van der Waals surface area (Å²) in [6.45, 7) is 0. The van der Waals surface area contributed by atoms with Crippen LogP contribution >= 0.6 is 7.60 Å². The van der Waals surface area contributed by atoms with Crippen molar-refractivity contribution >= 4 is 19.5 Å². The molecule has 0 saturated carbocycles. The van der Waals surface area contributed by atoms with Crippen molar-refractivity contribution in [3.8, 4) is 0 Å². The number of nitrogens with zero attached hydrogens (tertiary/aromatic N) is 3. The van der Waals surface area contributed by atoms with Gasteiger partial charge in [0.05, 0.1) is 5.69 Å². The largest absolute Gasteiger partial charge is 0.363 e. The van der Waals surface area contributed by atoms with Crippen LogP contribution in [0.4, 0.5) is 0 Å². The topological polar surface area (TPSA) is 64.0 Å². The summed E-state index contributed by atoms with van der Waals surface area (Å²) in [5, 5.41) is 0. The van der Waals surface area contributed by atoms with Crippen molar-refractivity contribution in [3.63, 3.8) is 0 Å². The molecule has 108 valence electrons. The minimum atomic E-state index is -3.39. The minimum Gasteiger partial charge on any atom is -0.363 e. The number of rotatable bonds is 3. The molecule has 1 aromatic rings. The molecule has 2 rings (SSSR count). The van der Waals surface area contributed by atoms with Crippen molar-refractivity contribution in [3.05, 3.63) is 35.7 Å². The Morgan fingerprint density at radius 2 is 1.95 bits per heavy atom. The Hall–Kier alpha value is -1.49. The average Bonchev–Trinajstić information content (AvgIpc) is 2.66. The molecular weight excluding hydrogens is 277 g/mol. The number of aliphatic imine (C=N–C) groups is 1. The van der Waals surface area contributed by atoms with Crippen LogP contribution in [-0.2, 0) is 13.6 Å². The van der Waals surface area contributed by atoms with Crippen LogP contribution in [0.1, 0.15) is 17.0 Å². The van der Waals surface area contributed by atoms with Crippen LogP contribution in [0.2, 0.25) is 0 Å². The van der Waals surface area contributed by atoms with E-state index in [0.29, 0.717) is 11.5 Å². The highest BCUT2D eigenvalue weighted by Crippen LogP contribution is 2.61. The molecule has 0 N–H and O–H groups in total. The van der Waals surface area contributed by atoms with Gasteiger partial charge in [0.15, 0.2) is 5.78 Å². The van der Waals surface area contributed by atoms with Crippen LogP contribution < -0.4 is 0 Å². The van der Waals surface area contributed by atoms with Crippen molar-refractivity contribution in [2.45, 2.75) is 5.78 Å². The number of pyridine rings is 1. The van der Waals surface area contributed by atoms with Crippen molar-refractivity contribution in [2.75, 3.05) is 28.3 Å². The van der Waals surface area contributed by atoms with Gasteiger partial charge in [0, 0.05) is 40.1 Å². The van der Waals surface area contributed by atoms with Gasteiger partial charge in [-0.05, 0) is 18.2 Å². The number of aromatic nitrogens is 1. The van der Waals surface area contributed by atoms with Crippen LogP contribution in [0.5, 0.6) is 0 Å². The first kappa shape index (κ1) is 14.9. The van der Waals surface area contributed by atoms with Gasteiger partial charge in [0.2, 0.25) is 0 Å². The Kier molecular flexibility index (Phi) is 4.38. The van der Waals surface area contributed by atoms with Crippen LogP contribution in [0.25, 0.3) is 6.08 Å². The van der Waals surface area contributed by atoms with Gasteiger partial charge in [-0.25, -0.2) is 4.99 Å². The number of amidine groups is 1. The quantitative estimate of drug-likeness (QED) is 0.802. The van der Waals surface area contributed by atoms with Gasteiger partial charge in [0.25, 0.3) is 0 Å². The number of hydrogen-bond donors (Lipinski definition) is 0. The highest BCUT2D eigenvalue weighted by Gasteiger charge is 2.38. The lowest BCUT2D eigenvalue weighted by atomic mass is 10.2. The summed E-state index contributed by atoms with van der Waals surface area (Å²) in [4.78, 5) is 10.7. The third-order valence-electron chi connectivity index (χ3n) is 3.06. The van der Waals surface area contributed by atoms with Crippen LogP contribution in [-0.4, -0.2) is 44.0 Å². The maximum absolute atomic E-state index is 12.8. The van der Waals surface area contributed by atoms with Crippen LogP contribution in [0, 0.1) is 0 Å². The molecule has 0 amide bonds. The monoisotopic (exact) mass is 295 g/mol. The van der Waals surface area contributed by atoms with Crippen molar-refractivity contribution in [1.29, 1.82) is 0 Å². The van der Waals surface area contributed by atoms with Gasteiger partial charge >= 0.3 is 7.60 Å². The zero-order valence-electron chi connectivity index (χ0n) is 12.0. The lowest BCUT2D eigenvalue weighted by Gasteiger charge is -2.23. The molecule has 0 fully saturated rings. The van der Waals surface area contributed by atoms with E-state index in [2.05, 4.69) is 9.98 Å². The maximum Gasteiger partial charge on any atom is 0.359 e. The van der Waals surface area contributed by atoms with Crippen LogP contribution in [0.3, 0.4) is 0 Å². The zero-order valence-corrected chi connectivity index (χ0v) is 12.9. The van der Waals surface area contributed by atoms with Crippen LogP contribution in [0.15, 0.2) is 29.4 Å². The lowest BCUT2D eigenvalue weighted by Crippen LogP contribution is -2.20. The summed E-state index contributed by atoms with van der Waals surface area (Å²) < 4.78 is 23.0. The van der Waals surface area contributed by atoms with Gasteiger partial charge in [-0.2, -0.15) is 0 Å². The summed E-state index contributed by atoms with van der Waals surface area (Å²) in [7, 11) is 3.08. The molecule has 0 bridgehead atoms. The average molecular weight is 295 g/mol. The Labute approximate surface area is 118 Å². The van der Waals surface area contributed by atoms with E-state index in [1.54, 1.807) is 12.3 Å². The van der Waals surface area contributed by atoms with Gasteiger partial charge in [-0.3, -0.25) is 9.55 Å². The summed E-state index contributed by atoms with van der Waals surface area (Å²) >= 11 is 0. The SMILES string of the molecule is COP(=O)(OC)C1N=C(N(C)C)C=Cc2ncccc21. The summed E-state index contributed by atoms with van der Waals surface area (Å²) in [5.74, 6) is -0.0454. The smallest absolute Gasteiger partial charge is 0.359 e. The molecule has 1 aliphatic heterocycles. The molecule has 2 heterocycles. The van der Waals surface area contributed by atoms with Crippen molar-refractivity contribution in [1.82, 2.24) is 9.88 Å². The molecule has 0 spiro atoms. The second kappa shape index (κ2) is 5.87. The highest BCUT2D eigenvalue weighted by atomic mass is 31.2. The second-order valence-electron chi connectivity index (χ2n) is 4.47. The molecule has 20 heavy (non-hydrogen) atoms. The van der Waals surface area contributed by atoms with Gasteiger partial charge in [0.1, 0.15) is 5.84 Å². The fraction of sp³-hybridized carbons (Fsp3) is 0.385. The van der Waals surface area contributed by atoms with E-state index in [-0.39, 0.29) is 0 Å². The molecule has 7 heteroatoms. The Bertz CT molecular complexity index is 590. The molecule has 1 aliphatic rings. The van der Waals surface area contributed by atoms with Gasteiger partial charge in [-0.15, -0.1) is 0 Å². The fourth-order valence-electron chi connectivity index (χ4n) is 1.96. The number of fused-ring (bicyclic) bond motifs is 1. The molecule has 6 nitrogen and oxygen atoms in total. The zero-order chi connectivity index (χ0) is 14.8. The molecule has 0 saturated heterocycles. The standard InChI is InChI=1S/C13H18N3O3P/c1-16(2)12-8-7-11-10(6-5-9-14-11)13(15-12)20(17,18-3)19-4/h5-9,13H,1-4H3. The first-order chi connectivity index (χ1) is 9.51. The minimum absolute atomic E-state index is 0.683. The van der Waals surface area contributed by atoms with E-state index in [1.807, 2.05) is 37.2 Å². The van der Waals surface area contributed by atoms with E-state index < -0.39 is 13.4 Å². The molecule has 0 aliphatic carbocycles. The van der Waals surface area contributed by atoms with Gasteiger partial charge < -0.3 is 13.9 Å². The fourth-order valence-corrected chi connectivity index (χ4v) is 3.33. The first-order valence-corrected chi connectivity index (χ1v) is 7.72. The third-order valence-corrected chi connectivity index (χ3v) is 5.07. The lowest BCUT2D eigenvalue weighted by molar-refractivity contribution is 0.266. The summed E-state index contributed by atoms with van der Waals surface area (Å²) in [6, 6.07) is 3.62. The Morgan fingerprint density at radius 1 is 1.25 bits per heavy atom. The van der Waals surface area contributed by atoms with Gasteiger partial charge in [-0.1, -0.05) is 6.07 Å². The molecule has 0 aromatic carbocycles. The predicted octanol–water partition coefficient (Wildman–Crippen LogP) is 2.55. The molecular formula is C13H18N3O3P. The van der Waals surface area contributed by atoms with E-state index in [4.69, 9.17) is 9.05 Å². The van der Waals surface area contributed by atoms with E-state index in [1.165, 1.54) is 14.2 Å². The second-order valence-corrected chi connectivity index (χ2v) is 6.77. The van der Waals surface area contributed by atoms with E-state index in [9.17, 15) is 4.57 Å². The van der Waals surface area contributed by atoms with Crippen molar-refractivity contribution in [2.24, 2.45) is 4.99 Å². The molecule has 0 radical (unpaired) electrons. The Balaban J connectivity index is 2.62. The van der Waals surface area contributed by atoms with E-state index >= 15 is 0 Å². The molecule has 1 atom stereocenters. The predicted molar refractivity (Wildman–Crippen MR) is 78.8 cm³/mol. The third kappa shape index (κ3) is 2.68. The first-order valence-electron chi connectivity index (χ1n) is 6.11. The van der Waals surface area contributed by atoms with E-state index in [0.717, 1.165) is 5.56 Å². The normalized spacial score (nSPS) is 18.2.